The summed E-state index contributed by atoms with van der Waals surface area (Å²) < 4.78 is 9.01. The van der Waals surface area contributed by atoms with Crippen molar-refractivity contribution in [3.05, 3.63) is 39.9 Å². The molecule has 2 N–H and O–H groups in total. The molecule has 0 spiro atoms. The zero-order chi connectivity index (χ0) is 16.4. The zero-order valence-corrected chi connectivity index (χ0v) is 13.9. The summed E-state index contributed by atoms with van der Waals surface area (Å²) in [7, 11) is 1.63. The molecular formula is C16H19N3O3S. The van der Waals surface area contributed by atoms with Crippen LogP contribution in [-0.2, 0) is 12.0 Å². The Kier molecular flexibility index (Phi) is 4.32. The summed E-state index contributed by atoms with van der Waals surface area (Å²) in [4.78, 5) is 12.7. The summed E-state index contributed by atoms with van der Waals surface area (Å²) in [6.07, 6.45) is 2.39. The fraction of sp³-hybridized carbons (Fsp3) is 0.438. The van der Waals surface area contributed by atoms with E-state index in [0.717, 1.165) is 41.3 Å². The Hall–Kier alpha value is -1.99. The van der Waals surface area contributed by atoms with E-state index in [-0.39, 0.29) is 12.5 Å². The van der Waals surface area contributed by atoms with Gasteiger partial charge in [0.15, 0.2) is 0 Å². The van der Waals surface area contributed by atoms with E-state index in [4.69, 9.17) is 4.74 Å². The number of amides is 1. The number of rotatable bonds is 4. The first-order valence-corrected chi connectivity index (χ1v) is 8.28. The van der Waals surface area contributed by atoms with Crippen molar-refractivity contribution >= 4 is 17.4 Å². The van der Waals surface area contributed by atoms with Gasteiger partial charge in [-0.1, -0.05) is 10.6 Å². The van der Waals surface area contributed by atoms with Crippen LogP contribution in [0.3, 0.4) is 0 Å². The molecule has 0 unspecified atom stereocenters. The van der Waals surface area contributed by atoms with Crippen molar-refractivity contribution in [1.29, 1.82) is 0 Å². The lowest BCUT2D eigenvalue weighted by molar-refractivity contribution is 0.0189. The Morgan fingerprint density at radius 1 is 1.52 bits per heavy atom. The first kappa shape index (κ1) is 15.9. The molecule has 1 atom stereocenters. The molecule has 0 saturated carbocycles. The van der Waals surface area contributed by atoms with Gasteiger partial charge in [0.25, 0.3) is 5.91 Å². The molecule has 1 aliphatic rings. The number of hydrogen-bond acceptors (Lipinski definition) is 6. The molecule has 0 bridgehead atoms. The number of carbonyl (C=O) groups excluding carboxylic acids is 1. The lowest BCUT2D eigenvalue weighted by Crippen LogP contribution is -2.43. The molecule has 0 radical (unpaired) electrons. The van der Waals surface area contributed by atoms with Crippen LogP contribution < -0.4 is 10.1 Å². The van der Waals surface area contributed by atoms with Gasteiger partial charge in [-0.3, -0.25) is 4.79 Å². The van der Waals surface area contributed by atoms with Crippen LogP contribution in [0.5, 0.6) is 5.75 Å². The number of nitrogens with one attached hydrogen (secondary N) is 1. The Balaban J connectivity index is 1.78. The minimum atomic E-state index is -1.05. The van der Waals surface area contributed by atoms with Gasteiger partial charge in [0.1, 0.15) is 16.2 Å². The van der Waals surface area contributed by atoms with Crippen LogP contribution in [-0.4, -0.2) is 34.3 Å². The third-order valence-electron chi connectivity index (χ3n) is 4.25. The molecule has 6 nitrogen and oxygen atoms in total. The molecule has 3 rings (SSSR count). The average molecular weight is 333 g/mol. The number of methoxy groups -OCH3 is 1. The van der Waals surface area contributed by atoms with Gasteiger partial charge in [-0.05, 0) is 61.0 Å². The molecule has 2 aromatic rings. The van der Waals surface area contributed by atoms with Crippen molar-refractivity contribution in [3.8, 4) is 5.75 Å². The molecule has 23 heavy (non-hydrogen) atoms. The number of benzene rings is 1. The molecule has 0 aliphatic heterocycles. The minimum absolute atomic E-state index is 0.169. The summed E-state index contributed by atoms with van der Waals surface area (Å²) in [5.74, 6) is 0.537. The second-order valence-corrected chi connectivity index (χ2v) is 6.53. The van der Waals surface area contributed by atoms with Gasteiger partial charge in [0.05, 0.1) is 19.3 Å². The van der Waals surface area contributed by atoms with E-state index >= 15 is 0 Å². The highest BCUT2D eigenvalue weighted by Crippen LogP contribution is 2.36. The van der Waals surface area contributed by atoms with Gasteiger partial charge in [0.2, 0.25) is 0 Å². The topological polar surface area (TPSA) is 84.3 Å². The van der Waals surface area contributed by atoms with Gasteiger partial charge in [-0.25, -0.2) is 0 Å². The highest BCUT2D eigenvalue weighted by molar-refractivity contribution is 7.07. The van der Waals surface area contributed by atoms with Crippen molar-refractivity contribution in [2.45, 2.75) is 31.8 Å². The van der Waals surface area contributed by atoms with Crippen LogP contribution in [0, 0.1) is 6.92 Å². The van der Waals surface area contributed by atoms with E-state index in [9.17, 15) is 9.90 Å². The van der Waals surface area contributed by atoms with E-state index in [1.54, 1.807) is 14.0 Å². The van der Waals surface area contributed by atoms with Crippen LogP contribution in [0.4, 0.5) is 0 Å². The maximum atomic E-state index is 12.2. The fourth-order valence-electron chi connectivity index (χ4n) is 2.99. The van der Waals surface area contributed by atoms with Crippen LogP contribution >= 0.6 is 11.5 Å². The predicted octanol–water partition coefficient (Wildman–Crippen LogP) is 1.81. The first-order valence-electron chi connectivity index (χ1n) is 7.50. The molecular weight excluding hydrogens is 314 g/mol. The lowest BCUT2D eigenvalue weighted by atomic mass is 9.79. The summed E-state index contributed by atoms with van der Waals surface area (Å²) >= 11 is 1.06. The minimum Gasteiger partial charge on any atom is -0.497 e. The van der Waals surface area contributed by atoms with Crippen LogP contribution in [0.15, 0.2) is 18.2 Å². The molecule has 1 aromatic carbocycles. The van der Waals surface area contributed by atoms with Crippen LogP contribution in [0.25, 0.3) is 0 Å². The second-order valence-electron chi connectivity index (χ2n) is 5.78. The predicted molar refractivity (Wildman–Crippen MR) is 86.8 cm³/mol. The van der Waals surface area contributed by atoms with Crippen molar-refractivity contribution in [2.75, 3.05) is 13.7 Å². The molecule has 122 valence electrons. The van der Waals surface area contributed by atoms with Gasteiger partial charge in [0, 0.05) is 0 Å². The highest BCUT2D eigenvalue weighted by atomic mass is 32.1. The largest absolute Gasteiger partial charge is 0.497 e. The molecule has 0 fully saturated rings. The van der Waals surface area contributed by atoms with E-state index in [1.807, 2.05) is 18.2 Å². The van der Waals surface area contributed by atoms with E-state index in [2.05, 4.69) is 14.9 Å². The Morgan fingerprint density at radius 2 is 2.35 bits per heavy atom. The molecule has 1 heterocycles. The number of hydrogen-bond donors (Lipinski definition) is 2. The maximum absolute atomic E-state index is 12.2. The smallest absolute Gasteiger partial charge is 0.265 e. The fourth-order valence-corrected chi connectivity index (χ4v) is 3.57. The van der Waals surface area contributed by atoms with Crippen LogP contribution in [0.2, 0.25) is 0 Å². The lowest BCUT2D eigenvalue weighted by Gasteiger charge is -2.34. The highest BCUT2D eigenvalue weighted by Gasteiger charge is 2.35. The third-order valence-corrected chi connectivity index (χ3v) is 5.08. The van der Waals surface area contributed by atoms with Gasteiger partial charge >= 0.3 is 0 Å². The third kappa shape index (κ3) is 3.07. The Bertz CT molecular complexity index is 731. The molecule has 1 aliphatic carbocycles. The Morgan fingerprint density at radius 3 is 3.04 bits per heavy atom. The van der Waals surface area contributed by atoms with Crippen molar-refractivity contribution in [1.82, 2.24) is 14.9 Å². The van der Waals surface area contributed by atoms with E-state index < -0.39 is 5.60 Å². The van der Waals surface area contributed by atoms with E-state index in [1.165, 1.54) is 0 Å². The molecule has 1 aromatic heterocycles. The number of nitrogens with zero attached hydrogens (tertiary/aromatic N) is 2. The van der Waals surface area contributed by atoms with Gasteiger partial charge < -0.3 is 15.2 Å². The van der Waals surface area contributed by atoms with Crippen molar-refractivity contribution < 1.29 is 14.6 Å². The van der Waals surface area contributed by atoms with Crippen molar-refractivity contribution in [3.63, 3.8) is 0 Å². The zero-order valence-electron chi connectivity index (χ0n) is 13.1. The maximum Gasteiger partial charge on any atom is 0.265 e. The molecule has 1 amide bonds. The number of aromatic nitrogens is 2. The Labute approximate surface area is 138 Å². The normalized spacial score (nSPS) is 20.0. The number of ether oxygens (including phenoxy) is 1. The number of carbonyl (C=O) groups is 1. The van der Waals surface area contributed by atoms with Gasteiger partial charge in [-0.2, -0.15) is 0 Å². The quantitative estimate of drug-likeness (QED) is 0.891. The number of aryl methyl sites for hydroxylation is 2. The SMILES string of the molecule is COc1ccc2c(c1)CCC[C@@]2(O)CNC(=O)c1snnc1C. The molecule has 7 heteroatoms. The summed E-state index contributed by atoms with van der Waals surface area (Å²) in [6, 6.07) is 5.69. The standard InChI is InChI=1S/C16H19N3O3S/c1-10-14(23-19-18-10)15(20)17-9-16(21)7-3-4-11-8-12(22-2)5-6-13(11)16/h5-6,8,21H,3-4,7,9H2,1-2H3,(H,17,20)/t16-/m1/s1. The summed E-state index contributed by atoms with van der Waals surface area (Å²) in [5, 5.41) is 17.7. The van der Waals surface area contributed by atoms with E-state index in [0.29, 0.717) is 17.0 Å². The molecule has 0 saturated heterocycles. The first-order chi connectivity index (χ1) is 11.0. The summed E-state index contributed by atoms with van der Waals surface area (Å²) in [5.41, 5.74) is 1.49. The summed E-state index contributed by atoms with van der Waals surface area (Å²) in [6.45, 7) is 1.91. The van der Waals surface area contributed by atoms with Gasteiger partial charge in [-0.15, -0.1) is 5.10 Å². The second kappa shape index (κ2) is 6.25. The van der Waals surface area contributed by atoms with Crippen LogP contribution in [0.1, 0.15) is 39.3 Å². The average Bonchev–Trinajstić information content (AvgIpc) is 2.99. The number of fused-ring (bicyclic) bond motifs is 1. The monoisotopic (exact) mass is 333 g/mol. The number of aliphatic hydroxyl groups is 1. The van der Waals surface area contributed by atoms with Crippen molar-refractivity contribution in [2.24, 2.45) is 0 Å².